The van der Waals surface area contributed by atoms with Gasteiger partial charge in [0.25, 0.3) is 5.91 Å². The van der Waals surface area contributed by atoms with Gasteiger partial charge in [-0.05, 0) is 31.0 Å². The maximum atomic E-state index is 12.7. The van der Waals surface area contributed by atoms with Crippen molar-refractivity contribution in [3.05, 3.63) is 42.0 Å². The van der Waals surface area contributed by atoms with Gasteiger partial charge in [0.05, 0.1) is 23.8 Å². The second-order valence-corrected chi connectivity index (χ2v) is 7.02. The highest BCUT2D eigenvalue weighted by atomic mass is 19.4. The van der Waals surface area contributed by atoms with Gasteiger partial charge in [0.1, 0.15) is 0 Å². The van der Waals surface area contributed by atoms with E-state index in [1.54, 1.807) is 0 Å². The van der Waals surface area contributed by atoms with Crippen LogP contribution in [0, 0.1) is 11.8 Å². The normalized spacial score (nSPS) is 20.8. The third kappa shape index (κ3) is 4.87. The number of anilines is 1. The number of carbonyl (C=O) groups excluding carboxylic acids is 4. The van der Waals surface area contributed by atoms with Gasteiger partial charge in [-0.2, -0.15) is 13.2 Å². The summed E-state index contributed by atoms with van der Waals surface area (Å²) in [4.78, 5) is 49.3. The maximum absolute atomic E-state index is 12.7. The van der Waals surface area contributed by atoms with Crippen molar-refractivity contribution in [2.24, 2.45) is 11.8 Å². The summed E-state index contributed by atoms with van der Waals surface area (Å²) >= 11 is 0. The molecule has 1 aliphatic carbocycles. The van der Waals surface area contributed by atoms with Crippen LogP contribution in [0.2, 0.25) is 0 Å². The predicted octanol–water partition coefficient (Wildman–Crippen LogP) is 2.53. The van der Waals surface area contributed by atoms with E-state index in [1.165, 1.54) is 6.07 Å². The van der Waals surface area contributed by atoms with Crippen LogP contribution in [-0.2, 0) is 30.1 Å². The molecule has 160 valence electrons. The van der Waals surface area contributed by atoms with Gasteiger partial charge >= 0.3 is 12.1 Å². The molecule has 1 N–H and O–H groups in total. The van der Waals surface area contributed by atoms with Crippen LogP contribution in [0.1, 0.15) is 24.8 Å². The van der Waals surface area contributed by atoms with Crippen LogP contribution in [0.3, 0.4) is 0 Å². The molecule has 1 aromatic rings. The van der Waals surface area contributed by atoms with E-state index in [2.05, 4.69) is 5.32 Å². The number of fused-ring (bicyclic) bond motifs is 1. The first-order valence-electron chi connectivity index (χ1n) is 9.30. The lowest BCUT2D eigenvalue weighted by atomic mass is 9.85. The van der Waals surface area contributed by atoms with Crippen LogP contribution in [0.4, 0.5) is 18.9 Å². The van der Waals surface area contributed by atoms with E-state index in [9.17, 15) is 32.3 Å². The first-order chi connectivity index (χ1) is 14.2. The van der Waals surface area contributed by atoms with Gasteiger partial charge in [0.15, 0.2) is 6.61 Å². The van der Waals surface area contributed by atoms with Crippen molar-refractivity contribution in [3.8, 4) is 0 Å². The number of hydrogen-bond acceptors (Lipinski definition) is 5. The van der Waals surface area contributed by atoms with Crippen molar-refractivity contribution in [3.63, 3.8) is 0 Å². The molecule has 0 saturated carbocycles. The summed E-state index contributed by atoms with van der Waals surface area (Å²) in [6, 6.07) is 4.04. The number of amides is 3. The third-order valence-corrected chi connectivity index (χ3v) is 4.98. The molecule has 0 bridgehead atoms. The van der Waals surface area contributed by atoms with E-state index in [1.807, 2.05) is 12.2 Å². The van der Waals surface area contributed by atoms with Crippen LogP contribution in [0.5, 0.6) is 0 Å². The Kier molecular flexibility index (Phi) is 6.23. The Balaban J connectivity index is 1.44. The lowest BCUT2D eigenvalue weighted by Gasteiger charge is -2.14. The standard InChI is InChI=1S/C20H19F3N2O5/c21-20(22,23)12-4-3-5-13(10-12)24-16(26)11-30-17(27)8-9-25-18(28)14-6-1-2-7-15(14)19(25)29/h1-5,10,14-15H,6-9,11H2,(H,24,26)/t14-,15-/m1/s1. The zero-order chi connectivity index (χ0) is 21.9. The molecule has 30 heavy (non-hydrogen) atoms. The molecule has 10 heteroatoms. The molecule has 0 spiro atoms. The summed E-state index contributed by atoms with van der Waals surface area (Å²) in [6.07, 6.45) is -0.134. The lowest BCUT2D eigenvalue weighted by molar-refractivity contribution is -0.148. The molecule has 2 aliphatic rings. The quantitative estimate of drug-likeness (QED) is 0.430. The van der Waals surface area contributed by atoms with Crippen LogP contribution in [0.25, 0.3) is 0 Å². The number of carbonyl (C=O) groups is 4. The molecular weight excluding hydrogens is 405 g/mol. The molecule has 0 aromatic heterocycles. The van der Waals surface area contributed by atoms with Gasteiger partial charge in [-0.1, -0.05) is 18.2 Å². The largest absolute Gasteiger partial charge is 0.456 e. The molecule has 3 rings (SSSR count). The van der Waals surface area contributed by atoms with Gasteiger partial charge in [-0.3, -0.25) is 24.1 Å². The van der Waals surface area contributed by atoms with Crippen LogP contribution < -0.4 is 5.32 Å². The number of nitrogens with zero attached hydrogens (tertiary/aromatic N) is 1. The highest BCUT2D eigenvalue weighted by Crippen LogP contribution is 2.35. The fraction of sp³-hybridized carbons (Fsp3) is 0.400. The fourth-order valence-corrected chi connectivity index (χ4v) is 3.48. The van der Waals surface area contributed by atoms with Crippen molar-refractivity contribution in [1.29, 1.82) is 0 Å². The molecule has 1 fully saturated rings. The number of alkyl halides is 3. The number of ether oxygens (including phenoxy) is 1. The predicted molar refractivity (Wildman–Crippen MR) is 97.7 cm³/mol. The second-order valence-electron chi connectivity index (χ2n) is 7.02. The second kappa shape index (κ2) is 8.68. The number of hydrogen-bond donors (Lipinski definition) is 1. The molecule has 3 amide bonds. The first-order valence-corrected chi connectivity index (χ1v) is 9.30. The number of esters is 1. The smallest absolute Gasteiger partial charge is 0.416 e. The SMILES string of the molecule is O=C(COC(=O)CCN1C(=O)[C@@H]2CC=CC[C@H]2C1=O)Nc1cccc(C(F)(F)F)c1. The van der Waals surface area contributed by atoms with E-state index in [0.717, 1.165) is 23.1 Å². The molecule has 1 saturated heterocycles. The van der Waals surface area contributed by atoms with Crippen molar-refractivity contribution in [2.75, 3.05) is 18.5 Å². The van der Waals surface area contributed by atoms with Crippen LogP contribution in [-0.4, -0.2) is 41.7 Å². The molecule has 1 aliphatic heterocycles. The minimum atomic E-state index is -4.55. The van der Waals surface area contributed by atoms with Crippen LogP contribution >= 0.6 is 0 Å². The highest BCUT2D eigenvalue weighted by Gasteiger charge is 2.46. The van der Waals surface area contributed by atoms with E-state index in [0.29, 0.717) is 12.8 Å². The lowest BCUT2D eigenvalue weighted by Crippen LogP contribution is -2.33. The molecule has 0 unspecified atom stereocenters. The molecule has 1 heterocycles. The molecule has 0 radical (unpaired) electrons. The summed E-state index contributed by atoms with van der Waals surface area (Å²) in [5.74, 6) is -3.03. The van der Waals surface area contributed by atoms with Crippen molar-refractivity contribution in [2.45, 2.75) is 25.4 Å². The molecule has 7 nitrogen and oxygen atoms in total. The zero-order valence-electron chi connectivity index (χ0n) is 15.8. The number of halogens is 3. The Morgan fingerprint density at radius 2 is 1.73 bits per heavy atom. The number of rotatable bonds is 6. The number of imide groups is 1. The zero-order valence-corrected chi connectivity index (χ0v) is 15.8. The number of nitrogens with one attached hydrogen (secondary N) is 1. The molecule has 2 atom stereocenters. The van der Waals surface area contributed by atoms with Gasteiger partial charge < -0.3 is 10.1 Å². The maximum Gasteiger partial charge on any atom is 0.416 e. The fourth-order valence-electron chi connectivity index (χ4n) is 3.48. The Bertz CT molecular complexity index is 871. The van der Waals surface area contributed by atoms with Crippen molar-refractivity contribution < 1.29 is 37.1 Å². The average Bonchev–Trinajstić information content (AvgIpc) is 2.95. The average molecular weight is 424 g/mol. The number of allylic oxidation sites excluding steroid dienone is 2. The Hall–Kier alpha value is -3.17. The van der Waals surface area contributed by atoms with Gasteiger partial charge in [0.2, 0.25) is 11.8 Å². The Morgan fingerprint density at radius 3 is 2.33 bits per heavy atom. The summed E-state index contributed by atoms with van der Waals surface area (Å²) in [7, 11) is 0. The van der Waals surface area contributed by atoms with Gasteiger partial charge in [-0.15, -0.1) is 0 Å². The Morgan fingerprint density at radius 1 is 1.10 bits per heavy atom. The minimum absolute atomic E-state index is 0.0876. The Labute approximate surface area is 169 Å². The van der Waals surface area contributed by atoms with E-state index < -0.39 is 42.1 Å². The van der Waals surface area contributed by atoms with E-state index >= 15 is 0 Å². The van der Waals surface area contributed by atoms with Crippen LogP contribution in [0.15, 0.2) is 36.4 Å². The molecular formula is C20H19F3N2O5. The number of likely N-dealkylation sites (tertiary alicyclic amines) is 1. The summed E-state index contributed by atoms with van der Waals surface area (Å²) in [6.45, 7) is -0.842. The third-order valence-electron chi connectivity index (χ3n) is 4.98. The van der Waals surface area contributed by atoms with E-state index in [-0.39, 0.29) is 30.5 Å². The van der Waals surface area contributed by atoms with Crippen molar-refractivity contribution in [1.82, 2.24) is 4.90 Å². The summed E-state index contributed by atoms with van der Waals surface area (Å²) in [5.41, 5.74) is -1.01. The van der Waals surface area contributed by atoms with Gasteiger partial charge in [0, 0.05) is 12.2 Å². The number of benzene rings is 1. The van der Waals surface area contributed by atoms with Gasteiger partial charge in [-0.25, -0.2) is 0 Å². The minimum Gasteiger partial charge on any atom is -0.456 e. The highest BCUT2D eigenvalue weighted by molar-refractivity contribution is 6.05. The summed E-state index contributed by atoms with van der Waals surface area (Å²) in [5, 5.41) is 2.21. The monoisotopic (exact) mass is 424 g/mol. The first kappa shape index (κ1) is 21.5. The van der Waals surface area contributed by atoms with E-state index in [4.69, 9.17) is 4.74 Å². The van der Waals surface area contributed by atoms with Crippen molar-refractivity contribution >= 4 is 29.4 Å². The molecule has 1 aromatic carbocycles. The summed E-state index contributed by atoms with van der Waals surface area (Å²) < 4.78 is 42.8. The topological polar surface area (TPSA) is 92.8 Å².